The van der Waals surface area contributed by atoms with E-state index in [0.29, 0.717) is 0 Å². The van der Waals surface area contributed by atoms with E-state index in [-0.39, 0.29) is 5.54 Å². The van der Waals surface area contributed by atoms with Gasteiger partial charge in [-0.15, -0.1) is 0 Å². The number of piperidine rings is 1. The van der Waals surface area contributed by atoms with Gasteiger partial charge < -0.3 is 20.1 Å². The summed E-state index contributed by atoms with van der Waals surface area (Å²) in [4.78, 5) is 6.94. The van der Waals surface area contributed by atoms with Crippen molar-refractivity contribution in [3.05, 3.63) is 23.8 Å². The highest BCUT2D eigenvalue weighted by atomic mass is 16.5. The first-order valence-electron chi connectivity index (χ1n) is 9.90. The summed E-state index contributed by atoms with van der Waals surface area (Å²) in [5, 5.41) is 6.89. The van der Waals surface area contributed by atoms with Crippen molar-refractivity contribution in [1.82, 2.24) is 15.5 Å². The number of guanidine groups is 1. The summed E-state index contributed by atoms with van der Waals surface area (Å²) in [5.41, 5.74) is 1.24. The quantitative estimate of drug-likeness (QED) is 0.540. The molecule has 0 saturated carbocycles. The van der Waals surface area contributed by atoms with E-state index in [1.807, 2.05) is 25.2 Å². The number of hydrogen-bond acceptors (Lipinski definition) is 4. The van der Waals surface area contributed by atoms with E-state index in [0.717, 1.165) is 42.5 Å². The molecule has 0 radical (unpaired) electrons. The Kier molecular flexibility index (Phi) is 8.23. The molecule has 1 saturated heterocycles. The Morgan fingerprint density at radius 1 is 1.11 bits per heavy atom. The minimum absolute atomic E-state index is 0.119. The molecule has 1 aliphatic rings. The van der Waals surface area contributed by atoms with Gasteiger partial charge in [0.2, 0.25) is 0 Å². The van der Waals surface area contributed by atoms with E-state index in [9.17, 15) is 0 Å². The molecule has 6 heteroatoms. The zero-order valence-electron chi connectivity index (χ0n) is 17.6. The van der Waals surface area contributed by atoms with Gasteiger partial charge in [0, 0.05) is 25.7 Å². The first kappa shape index (κ1) is 21.4. The molecule has 0 aromatic heterocycles. The molecule has 152 valence electrons. The summed E-state index contributed by atoms with van der Waals surface area (Å²) >= 11 is 0. The average Bonchev–Trinajstić information content (AvgIpc) is 2.71. The van der Waals surface area contributed by atoms with Crippen molar-refractivity contribution in [2.75, 3.05) is 47.4 Å². The molecular weight excluding hydrogens is 340 g/mol. The Hall–Kier alpha value is -1.95. The highest BCUT2D eigenvalue weighted by Gasteiger charge is 2.27. The normalized spacial score (nSPS) is 16.1. The molecule has 0 bridgehead atoms. The minimum atomic E-state index is 0.119. The Morgan fingerprint density at radius 3 is 2.48 bits per heavy atom. The van der Waals surface area contributed by atoms with E-state index >= 15 is 0 Å². The molecule has 6 nitrogen and oxygen atoms in total. The fourth-order valence-electron chi connectivity index (χ4n) is 3.52. The second kappa shape index (κ2) is 10.4. The fraction of sp³-hybridized carbons (Fsp3) is 0.667. The highest BCUT2D eigenvalue weighted by Crippen LogP contribution is 2.24. The van der Waals surface area contributed by atoms with Crippen LogP contribution in [0.5, 0.6) is 11.5 Å². The Labute approximate surface area is 164 Å². The van der Waals surface area contributed by atoms with Crippen LogP contribution in [-0.2, 0) is 6.42 Å². The number of aliphatic imine (C=N–C) groups is 1. The summed E-state index contributed by atoms with van der Waals surface area (Å²) < 4.78 is 10.8. The first-order chi connectivity index (χ1) is 13.0. The molecule has 0 amide bonds. The topological polar surface area (TPSA) is 58.1 Å². The number of benzene rings is 1. The fourth-order valence-corrected chi connectivity index (χ4v) is 3.52. The van der Waals surface area contributed by atoms with Gasteiger partial charge in [-0.3, -0.25) is 9.89 Å². The number of ether oxygens (including phenoxy) is 2. The average molecular weight is 377 g/mol. The maximum atomic E-state index is 5.45. The predicted octanol–water partition coefficient (Wildman–Crippen LogP) is 2.68. The molecule has 0 spiro atoms. The summed E-state index contributed by atoms with van der Waals surface area (Å²) in [7, 11) is 5.19. The van der Waals surface area contributed by atoms with Gasteiger partial charge in [-0.2, -0.15) is 0 Å². The van der Waals surface area contributed by atoms with Crippen molar-refractivity contribution < 1.29 is 9.47 Å². The van der Waals surface area contributed by atoms with Crippen LogP contribution in [0.3, 0.4) is 0 Å². The van der Waals surface area contributed by atoms with E-state index in [1.165, 1.54) is 32.4 Å². The lowest BCUT2D eigenvalue weighted by atomic mass is 9.98. The van der Waals surface area contributed by atoms with Crippen LogP contribution >= 0.6 is 0 Å². The van der Waals surface area contributed by atoms with E-state index in [1.54, 1.807) is 14.2 Å². The molecule has 1 heterocycles. The Bertz CT molecular complexity index is 610. The second-order valence-corrected chi connectivity index (χ2v) is 7.64. The van der Waals surface area contributed by atoms with Crippen LogP contribution < -0.4 is 20.1 Å². The molecular formula is C21H36N4O2. The van der Waals surface area contributed by atoms with Gasteiger partial charge in [0.05, 0.1) is 14.2 Å². The zero-order chi connectivity index (χ0) is 19.7. The van der Waals surface area contributed by atoms with E-state index in [4.69, 9.17) is 9.47 Å². The number of rotatable bonds is 8. The first-order valence-corrected chi connectivity index (χ1v) is 9.90. The number of nitrogens with one attached hydrogen (secondary N) is 2. The van der Waals surface area contributed by atoms with Gasteiger partial charge in [0.15, 0.2) is 5.96 Å². The maximum absolute atomic E-state index is 5.45. The van der Waals surface area contributed by atoms with Crippen LogP contribution in [-0.4, -0.2) is 63.8 Å². The lowest BCUT2D eigenvalue weighted by Gasteiger charge is -2.41. The van der Waals surface area contributed by atoms with E-state index in [2.05, 4.69) is 34.4 Å². The molecule has 1 aliphatic heterocycles. The van der Waals surface area contributed by atoms with Crippen molar-refractivity contribution in [2.24, 2.45) is 4.99 Å². The smallest absolute Gasteiger partial charge is 0.191 e. The van der Waals surface area contributed by atoms with Crippen molar-refractivity contribution in [2.45, 2.75) is 45.1 Å². The lowest BCUT2D eigenvalue weighted by Crippen LogP contribution is -2.55. The van der Waals surface area contributed by atoms with Crippen molar-refractivity contribution in [3.8, 4) is 11.5 Å². The number of hydrogen-bond donors (Lipinski definition) is 2. The van der Waals surface area contributed by atoms with Crippen LogP contribution in [0.1, 0.15) is 38.7 Å². The van der Waals surface area contributed by atoms with Gasteiger partial charge in [-0.1, -0.05) is 6.42 Å². The zero-order valence-corrected chi connectivity index (χ0v) is 17.6. The predicted molar refractivity (Wildman–Crippen MR) is 112 cm³/mol. The van der Waals surface area contributed by atoms with Crippen LogP contribution in [0.2, 0.25) is 0 Å². The maximum Gasteiger partial charge on any atom is 0.191 e. The summed E-state index contributed by atoms with van der Waals surface area (Å²) in [6.07, 6.45) is 4.80. The molecule has 0 aliphatic carbocycles. The summed E-state index contributed by atoms with van der Waals surface area (Å²) in [6, 6.07) is 5.89. The van der Waals surface area contributed by atoms with Gasteiger partial charge in [0.1, 0.15) is 11.5 Å². The molecule has 1 aromatic rings. The minimum Gasteiger partial charge on any atom is -0.497 e. The molecule has 0 atom stereocenters. The van der Waals surface area contributed by atoms with Crippen LogP contribution in [0.15, 0.2) is 23.2 Å². The third-order valence-corrected chi connectivity index (χ3v) is 5.30. The molecule has 1 aromatic carbocycles. The molecule has 1 fully saturated rings. The highest BCUT2D eigenvalue weighted by molar-refractivity contribution is 5.79. The van der Waals surface area contributed by atoms with E-state index < -0.39 is 0 Å². The number of methoxy groups -OCH3 is 2. The number of likely N-dealkylation sites (tertiary alicyclic amines) is 1. The monoisotopic (exact) mass is 376 g/mol. The Balaban J connectivity index is 1.83. The summed E-state index contributed by atoms with van der Waals surface area (Å²) in [5.74, 6) is 2.56. The molecule has 0 unspecified atom stereocenters. The largest absolute Gasteiger partial charge is 0.497 e. The van der Waals surface area contributed by atoms with Crippen LogP contribution in [0, 0.1) is 0 Å². The SMILES string of the molecule is CN=C(NCCc1cc(OC)ccc1OC)NCC(C)(C)N1CCCCC1. The lowest BCUT2D eigenvalue weighted by molar-refractivity contribution is 0.0982. The number of nitrogens with zero attached hydrogens (tertiary/aromatic N) is 2. The molecule has 2 N–H and O–H groups in total. The van der Waals surface area contributed by atoms with Crippen LogP contribution in [0.25, 0.3) is 0 Å². The molecule has 2 rings (SSSR count). The van der Waals surface area contributed by atoms with Crippen LogP contribution in [0.4, 0.5) is 0 Å². The molecule has 27 heavy (non-hydrogen) atoms. The van der Waals surface area contributed by atoms with Crippen molar-refractivity contribution >= 4 is 5.96 Å². The Morgan fingerprint density at radius 2 is 1.85 bits per heavy atom. The standard InChI is InChI=1S/C21H36N4O2/c1-21(2,25-13-7-6-8-14-25)16-24-20(22-3)23-12-11-17-15-18(26-4)9-10-19(17)27-5/h9-10,15H,6-8,11-14,16H2,1-5H3,(H2,22,23,24). The summed E-state index contributed by atoms with van der Waals surface area (Å²) in [6.45, 7) is 8.63. The van der Waals surface area contributed by atoms with Crippen molar-refractivity contribution in [3.63, 3.8) is 0 Å². The van der Waals surface area contributed by atoms with Gasteiger partial charge >= 0.3 is 0 Å². The van der Waals surface area contributed by atoms with Gasteiger partial charge in [0.25, 0.3) is 0 Å². The third-order valence-electron chi connectivity index (χ3n) is 5.30. The van der Waals surface area contributed by atoms with Crippen molar-refractivity contribution in [1.29, 1.82) is 0 Å². The second-order valence-electron chi connectivity index (χ2n) is 7.64. The third kappa shape index (κ3) is 6.31. The van der Waals surface area contributed by atoms with Gasteiger partial charge in [-0.25, -0.2) is 0 Å². The van der Waals surface area contributed by atoms with Gasteiger partial charge in [-0.05, 0) is 70.0 Å².